The van der Waals surface area contributed by atoms with Gasteiger partial charge in [-0.15, -0.1) is 11.6 Å². The van der Waals surface area contributed by atoms with Gasteiger partial charge in [-0.05, 0) is 6.92 Å². The summed E-state index contributed by atoms with van der Waals surface area (Å²) in [6.07, 6.45) is 0. The van der Waals surface area contributed by atoms with Gasteiger partial charge in [0, 0.05) is 11.9 Å². The van der Waals surface area contributed by atoms with Crippen molar-refractivity contribution in [2.24, 2.45) is 5.73 Å². The van der Waals surface area contributed by atoms with Gasteiger partial charge in [-0.25, -0.2) is 4.79 Å². The predicted octanol–water partition coefficient (Wildman–Crippen LogP) is 0.282. The summed E-state index contributed by atoms with van der Waals surface area (Å²) in [7, 11) is 0. The van der Waals surface area contributed by atoms with E-state index in [2.05, 4.69) is 5.32 Å². The molecule has 0 saturated carbocycles. The molecule has 1 atom stereocenters. The van der Waals surface area contributed by atoms with Crippen LogP contribution in [0.25, 0.3) is 0 Å². The first kappa shape index (κ1) is 7.56. The van der Waals surface area contributed by atoms with Gasteiger partial charge in [-0.1, -0.05) is 0 Å². The lowest BCUT2D eigenvalue weighted by Crippen LogP contribution is -2.33. The zero-order valence-corrected chi connectivity index (χ0v) is 5.40. The summed E-state index contributed by atoms with van der Waals surface area (Å²) in [4.78, 5) is 9.96. The van der Waals surface area contributed by atoms with Crippen LogP contribution in [0.1, 0.15) is 6.92 Å². The predicted molar refractivity (Wildman–Crippen MR) is 32.9 cm³/mol. The molecular weight excluding hydrogens is 128 g/mol. The first-order chi connectivity index (χ1) is 3.63. The van der Waals surface area contributed by atoms with E-state index in [0.29, 0.717) is 6.54 Å². The van der Waals surface area contributed by atoms with Crippen LogP contribution in [0, 0.1) is 0 Å². The monoisotopic (exact) mass is 136 g/mol. The number of halogens is 1. The molecule has 0 aliphatic rings. The standard InChI is InChI=1S/C4H9ClN2O/c1-3(5)2-7-4(6)8/h3H,2H2,1H3,(H3,6,7,8). The second-order valence-electron chi connectivity index (χ2n) is 1.53. The smallest absolute Gasteiger partial charge is 0.312 e. The van der Waals surface area contributed by atoms with Crippen LogP contribution < -0.4 is 11.1 Å². The van der Waals surface area contributed by atoms with Crippen molar-refractivity contribution in [2.75, 3.05) is 6.54 Å². The molecule has 3 N–H and O–H groups in total. The minimum Gasteiger partial charge on any atom is -0.352 e. The Labute approximate surface area is 53.2 Å². The first-order valence-electron chi connectivity index (χ1n) is 2.30. The van der Waals surface area contributed by atoms with Crippen LogP contribution >= 0.6 is 11.6 Å². The molecule has 0 heterocycles. The van der Waals surface area contributed by atoms with Gasteiger partial charge in [0.2, 0.25) is 0 Å². The SMILES string of the molecule is CC(Cl)CNC(N)=O. The Balaban J connectivity index is 3.05. The Hall–Kier alpha value is -0.440. The van der Waals surface area contributed by atoms with E-state index in [1.807, 2.05) is 0 Å². The summed E-state index contributed by atoms with van der Waals surface area (Å²) in [5, 5.41) is 2.30. The fourth-order valence-electron chi connectivity index (χ4n) is 0.241. The highest BCUT2D eigenvalue weighted by Gasteiger charge is 1.95. The van der Waals surface area contributed by atoms with Crippen LogP contribution in [-0.4, -0.2) is 18.0 Å². The zero-order valence-electron chi connectivity index (χ0n) is 4.65. The van der Waals surface area contributed by atoms with Gasteiger partial charge in [0.1, 0.15) is 0 Å². The molecule has 0 aromatic heterocycles. The number of amides is 2. The van der Waals surface area contributed by atoms with Crippen LogP contribution in [0.5, 0.6) is 0 Å². The number of carbonyl (C=O) groups is 1. The largest absolute Gasteiger partial charge is 0.352 e. The molecule has 0 bridgehead atoms. The molecule has 0 spiro atoms. The normalized spacial score (nSPS) is 12.8. The fourth-order valence-corrected chi connectivity index (χ4v) is 0.318. The fraction of sp³-hybridized carbons (Fsp3) is 0.750. The van der Waals surface area contributed by atoms with E-state index in [1.165, 1.54) is 0 Å². The lowest BCUT2D eigenvalue weighted by atomic mass is 10.5. The maximum atomic E-state index is 9.96. The summed E-state index contributed by atoms with van der Waals surface area (Å²) >= 11 is 5.45. The molecule has 0 aromatic rings. The molecule has 8 heavy (non-hydrogen) atoms. The molecule has 0 aliphatic heterocycles. The molecule has 0 rings (SSSR count). The van der Waals surface area contributed by atoms with E-state index in [9.17, 15) is 4.79 Å². The van der Waals surface area contributed by atoms with Crippen molar-refractivity contribution >= 4 is 17.6 Å². The minimum absolute atomic E-state index is 0.0532. The Morgan fingerprint density at radius 2 is 2.50 bits per heavy atom. The number of hydrogen-bond donors (Lipinski definition) is 2. The van der Waals surface area contributed by atoms with Crippen LogP contribution in [-0.2, 0) is 0 Å². The third kappa shape index (κ3) is 5.56. The van der Waals surface area contributed by atoms with Gasteiger partial charge >= 0.3 is 6.03 Å². The van der Waals surface area contributed by atoms with Crippen LogP contribution in [0.15, 0.2) is 0 Å². The van der Waals surface area contributed by atoms with E-state index in [1.54, 1.807) is 6.92 Å². The quantitative estimate of drug-likeness (QED) is 0.527. The van der Waals surface area contributed by atoms with E-state index in [4.69, 9.17) is 17.3 Å². The highest BCUT2D eigenvalue weighted by Crippen LogP contribution is 1.87. The number of alkyl halides is 1. The number of carbonyl (C=O) groups excluding carboxylic acids is 1. The van der Waals surface area contributed by atoms with Crippen molar-refractivity contribution in [3.63, 3.8) is 0 Å². The number of rotatable bonds is 2. The summed E-state index contributed by atoms with van der Waals surface area (Å²) in [6.45, 7) is 2.20. The summed E-state index contributed by atoms with van der Waals surface area (Å²) in [5.74, 6) is 0. The van der Waals surface area contributed by atoms with E-state index in [-0.39, 0.29) is 5.38 Å². The van der Waals surface area contributed by atoms with Crippen molar-refractivity contribution in [2.45, 2.75) is 12.3 Å². The molecule has 0 radical (unpaired) electrons. The van der Waals surface area contributed by atoms with Gasteiger partial charge in [0.05, 0.1) is 0 Å². The zero-order chi connectivity index (χ0) is 6.57. The minimum atomic E-state index is -0.530. The van der Waals surface area contributed by atoms with Crippen LogP contribution in [0.2, 0.25) is 0 Å². The van der Waals surface area contributed by atoms with Gasteiger partial charge < -0.3 is 11.1 Å². The number of primary amides is 1. The summed E-state index contributed by atoms with van der Waals surface area (Å²) in [6, 6.07) is -0.530. The Morgan fingerprint density at radius 3 is 2.62 bits per heavy atom. The number of hydrogen-bond acceptors (Lipinski definition) is 1. The van der Waals surface area contributed by atoms with Crippen molar-refractivity contribution in [3.8, 4) is 0 Å². The van der Waals surface area contributed by atoms with Crippen LogP contribution in [0.4, 0.5) is 4.79 Å². The lowest BCUT2D eigenvalue weighted by Gasteiger charge is -2.00. The number of nitrogens with one attached hydrogen (secondary N) is 1. The van der Waals surface area contributed by atoms with Gasteiger partial charge in [0.25, 0.3) is 0 Å². The second kappa shape index (κ2) is 3.55. The maximum absolute atomic E-state index is 9.96. The second-order valence-corrected chi connectivity index (χ2v) is 2.27. The van der Waals surface area contributed by atoms with E-state index >= 15 is 0 Å². The third-order valence-corrected chi connectivity index (χ3v) is 0.712. The Kier molecular flexibility index (Phi) is 3.35. The topological polar surface area (TPSA) is 55.1 Å². The average molecular weight is 137 g/mol. The van der Waals surface area contributed by atoms with Crippen LogP contribution in [0.3, 0.4) is 0 Å². The van der Waals surface area contributed by atoms with Crippen molar-refractivity contribution in [3.05, 3.63) is 0 Å². The molecule has 2 amide bonds. The van der Waals surface area contributed by atoms with Crippen molar-refractivity contribution in [1.82, 2.24) is 5.32 Å². The summed E-state index contributed by atoms with van der Waals surface area (Å²) < 4.78 is 0. The molecule has 0 saturated heterocycles. The highest BCUT2D eigenvalue weighted by molar-refractivity contribution is 6.20. The number of urea groups is 1. The molecule has 0 fully saturated rings. The van der Waals surface area contributed by atoms with Gasteiger partial charge in [0.15, 0.2) is 0 Å². The van der Waals surface area contributed by atoms with Crippen molar-refractivity contribution in [1.29, 1.82) is 0 Å². The maximum Gasteiger partial charge on any atom is 0.312 e. The Bertz CT molecular complexity index is 84.1. The molecule has 4 heteroatoms. The van der Waals surface area contributed by atoms with Gasteiger partial charge in [-0.3, -0.25) is 0 Å². The number of nitrogens with two attached hydrogens (primary N) is 1. The van der Waals surface area contributed by atoms with Gasteiger partial charge in [-0.2, -0.15) is 0 Å². The first-order valence-corrected chi connectivity index (χ1v) is 2.74. The molecular formula is C4H9ClN2O. The lowest BCUT2D eigenvalue weighted by molar-refractivity contribution is 0.249. The van der Waals surface area contributed by atoms with E-state index in [0.717, 1.165) is 0 Å². The highest BCUT2D eigenvalue weighted by atomic mass is 35.5. The van der Waals surface area contributed by atoms with E-state index < -0.39 is 6.03 Å². The molecule has 3 nitrogen and oxygen atoms in total. The summed E-state index contributed by atoms with van der Waals surface area (Å²) in [5.41, 5.74) is 4.73. The average Bonchev–Trinajstić information content (AvgIpc) is 1.61. The molecule has 0 aliphatic carbocycles. The third-order valence-electron chi connectivity index (χ3n) is 0.558. The molecule has 1 unspecified atom stereocenters. The molecule has 0 aromatic carbocycles. The van der Waals surface area contributed by atoms with Crippen molar-refractivity contribution < 1.29 is 4.79 Å². The molecule has 48 valence electrons. The Morgan fingerprint density at radius 1 is 2.00 bits per heavy atom.